The number of esters is 1. The zero-order valence-electron chi connectivity index (χ0n) is 14.3. The molecule has 0 unspecified atom stereocenters. The molecule has 0 fully saturated rings. The van der Waals surface area contributed by atoms with Crippen molar-refractivity contribution in [3.05, 3.63) is 64.7 Å². The maximum atomic E-state index is 12.0. The smallest absolute Gasteiger partial charge is 0.308 e. The van der Waals surface area contributed by atoms with Crippen LogP contribution in [0, 0.1) is 6.92 Å². The summed E-state index contributed by atoms with van der Waals surface area (Å²) >= 11 is 5.93. The molecule has 2 N–H and O–H groups in total. The summed E-state index contributed by atoms with van der Waals surface area (Å²) in [7, 11) is 0. The van der Waals surface area contributed by atoms with Crippen LogP contribution in [0.5, 0.6) is 0 Å². The van der Waals surface area contributed by atoms with Gasteiger partial charge in [0, 0.05) is 12.1 Å². The lowest BCUT2D eigenvalue weighted by molar-refractivity contribution is -0.147. The van der Waals surface area contributed by atoms with Gasteiger partial charge >= 0.3 is 5.97 Å². The Bertz CT molecular complexity index is 808. The lowest BCUT2D eigenvalue weighted by Crippen LogP contribution is -2.28. The van der Waals surface area contributed by atoms with Gasteiger partial charge in [-0.3, -0.25) is 14.4 Å². The van der Waals surface area contributed by atoms with Crippen molar-refractivity contribution in [1.29, 1.82) is 0 Å². The molecule has 0 aromatic heterocycles. The van der Waals surface area contributed by atoms with E-state index in [2.05, 4.69) is 10.6 Å². The molecule has 136 valence electrons. The summed E-state index contributed by atoms with van der Waals surface area (Å²) in [5.41, 5.74) is 1.85. The summed E-state index contributed by atoms with van der Waals surface area (Å²) in [6.45, 7) is 1.54. The van der Waals surface area contributed by atoms with Gasteiger partial charge in [0.15, 0.2) is 6.61 Å². The molecule has 0 aliphatic heterocycles. The Morgan fingerprint density at radius 1 is 1.04 bits per heavy atom. The molecule has 0 heterocycles. The van der Waals surface area contributed by atoms with Crippen molar-refractivity contribution in [2.45, 2.75) is 13.3 Å². The number of para-hydroxylation sites is 1. The van der Waals surface area contributed by atoms with Crippen molar-refractivity contribution in [3.8, 4) is 0 Å². The standard InChI is InChI=1S/C19H19ClN2O4/c1-13-6-2-3-7-14(13)19(25)21-11-10-18(24)26-12-17(23)22-16-9-5-4-8-15(16)20/h2-9H,10-12H2,1H3,(H,21,25)(H,22,23). The lowest BCUT2D eigenvalue weighted by Gasteiger charge is -2.09. The van der Waals surface area contributed by atoms with Crippen LogP contribution >= 0.6 is 11.6 Å². The summed E-state index contributed by atoms with van der Waals surface area (Å²) in [5.74, 6) is -1.33. The van der Waals surface area contributed by atoms with Crippen molar-refractivity contribution >= 4 is 35.1 Å². The van der Waals surface area contributed by atoms with Gasteiger partial charge in [0.25, 0.3) is 11.8 Å². The van der Waals surface area contributed by atoms with Gasteiger partial charge in [-0.15, -0.1) is 0 Å². The first-order valence-corrected chi connectivity index (χ1v) is 8.39. The average molecular weight is 375 g/mol. The fraction of sp³-hybridized carbons (Fsp3) is 0.211. The summed E-state index contributed by atoms with van der Waals surface area (Å²) in [6.07, 6.45) is -0.0308. The van der Waals surface area contributed by atoms with E-state index in [1.165, 1.54) is 0 Å². The Balaban J connectivity index is 1.69. The number of nitrogens with one attached hydrogen (secondary N) is 2. The van der Waals surface area contributed by atoms with Crippen LogP contribution in [0.15, 0.2) is 48.5 Å². The number of halogens is 1. The van der Waals surface area contributed by atoms with Crippen molar-refractivity contribution in [1.82, 2.24) is 5.32 Å². The molecule has 0 aliphatic rings. The number of amides is 2. The number of anilines is 1. The second kappa shape index (κ2) is 9.58. The largest absolute Gasteiger partial charge is 0.456 e. The highest BCUT2D eigenvalue weighted by Crippen LogP contribution is 2.20. The molecular weight excluding hydrogens is 356 g/mol. The zero-order chi connectivity index (χ0) is 18.9. The third-order valence-electron chi connectivity index (χ3n) is 3.52. The van der Waals surface area contributed by atoms with Crippen LogP contribution in [-0.4, -0.2) is 30.9 Å². The van der Waals surface area contributed by atoms with Gasteiger partial charge in [0.2, 0.25) is 0 Å². The first-order chi connectivity index (χ1) is 12.5. The third kappa shape index (κ3) is 5.89. The minimum absolute atomic E-state index is 0.0308. The van der Waals surface area contributed by atoms with E-state index >= 15 is 0 Å². The fourth-order valence-electron chi connectivity index (χ4n) is 2.17. The van der Waals surface area contributed by atoms with E-state index in [9.17, 15) is 14.4 Å². The van der Waals surface area contributed by atoms with Gasteiger partial charge in [-0.1, -0.05) is 41.9 Å². The molecule has 6 nitrogen and oxygen atoms in total. The maximum absolute atomic E-state index is 12.0. The molecule has 26 heavy (non-hydrogen) atoms. The first-order valence-electron chi connectivity index (χ1n) is 8.01. The van der Waals surface area contributed by atoms with E-state index in [4.69, 9.17) is 16.3 Å². The van der Waals surface area contributed by atoms with Crippen LogP contribution in [-0.2, 0) is 14.3 Å². The third-order valence-corrected chi connectivity index (χ3v) is 3.85. The van der Waals surface area contributed by atoms with Gasteiger partial charge < -0.3 is 15.4 Å². The van der Waals surface area contributed by atoms with E-state index in [-0.39, 0.29) is 18.9 Å². The van der Waals surface area contributed by atoms with E-state index in [0.29, 0.717) is 16.3 Å². The molecule has 0 radical (unpaired) electrons. The van der Waals surface area contributed by atoms with Crippen LogP contribution in [0.2, 0.25) is 5.02 Å². The van der Waals surface area contributed by atoms with Crippen molar-refractivity contribution in [3.63, 3.8) is 0 Å². The Morgan fingerprint density at radius 3 is 2.46 bits per heavy atom. The van der Waals surface area contributed by atoms with Gasteiger partial charge in [-0.05, 0) is 30.7 Å². The number of carbonyl (C=O) groups excluding carboxylic acids is 3. The summed E-state index contributed by atoms with van der Waals surface area (Å²) in [4.78, 5) is 35.4. The summed E-state index contributed by atoms with van der Waals surface area (Å²) < 4.78 is 4.88. The highest BCUT2D eigenvalue weighted by Gasteiger charge is 2.11. The normalized spacial score (nSPS) is 10.1. The van der Waals surface area contributed by atoms with E-state index in [0.717, 1.165) is 5.56 Å². The van der Waals surface area contributed by atoms with E-state index < -0.39 is 18.5 Å². The lowest BCUT2D eigenvalue weighted by atomic mass is 10.1. The number of ether oxygens (including phenoxy) is 1. The second-order valence-corrected chi connectivity index (χ2v) is 5.92. The van der Waals surface area contributed by atoms with Crippen molar-refractivity contribution in [2.24, 2.45) is 0 Å². The topological polar surface area (TPSA) is 84.5 Å². The first kappa shape index (κ1) is 19.5. The van der Waals surface area contributed by atoms with Crippen LogP contribution in [0.25, 0.3) is 0 Å². The Kier molecular flexibility index (Phi) is 7.17. The van der Waals surface area contributed by atoms with Crippen molar-refractivity contribution in [2.75, 3.05) is 18.5 Å². The van der Waals surface area contributed by atoms with Crippen LogP contribution in [0.1, 0.15) is 22.3 Å². The molecular formula is C19H19ClN2O4. The Morgan fingerprint density at radius 2 is 1.73 bits per heavy atom. The predicted octanol–water partition coefficient (Wildman–Crippen LogP) is 2.95. The monoisotopic (exact) mass is 374 g/mol. The van der Waals surface area contributed by atoms with E-state index in [1.54, 1.807) is 36.4 Å². The number of hydrogen-bond donors (Lipinski definition) is 2. The van der Waals surface area contributed by atoms with Crippen molar-refractivity contribution < 1.29 is 19.1 Å². The minimum Gasteiger partial charge on any atom is -0.456 e. The second-order valence-electron chi connectivity index (χ2n) is 5.51. The molecule has 2 rings (SSSR count). The van der Waals surface area contributed by atoms with Gasteiger partial charge in [0.05, 0.1) is 17.1 Å². The SMILES string of the molecule is Cc1ccccc1C(=O)NCCC(=O)OCC(=O)Nc1ccccc1Cl. The van der Waals surface area contributed by atoms with Crippen LogP contribution in [0.3, 0.4) is 0 Å². The van der Waals surface area contributed by atoms with Crippen LogP contribution < -0.4 is 10.6 Å². The molecule has 0 saturated heterocycles. The molecule has 0 aliphatic carbocycles. The Hall–Kier alpha value is -2.86. The molecule has 0 spiro atoms. The number of aryl methyl sites for hydroxylation is 1. The van der Waals surface area contributed by atoms with Gasteiger partial charge in [-0.25, -0.2) is 0 Å². The van der Waals surface area contributed by atoms with Gasteiger partial charge in [-0.2, -0.15) is 0 Å². The fourth-order valence-corrected chi connectivity index (χ4v) is 2.35. The molecule has 0 saturated carbocycles. The molecule has 2 aromatic carbocycles. The quantitative estimate of drug-likeness (QED) is 0.730. The number of hydrogen-bond acceptors (Lipinski definition) is 4. The molecule has 7 heteroatoms. The number of benzene rings is 2. The average Bonchev–Trinajstić information content (AvgIpc) is 2.62. The predicted molar refractivity (Wildman–Crippen MR) is 99.2 cm³/mol. The van der Waals surface area contributed by atoms with Crippen LogP contribution in [0.4, 0.5) is 5.69 Å². The zero-order valence-corrected chi connectivity index (χ0v) is 15.0. The highest BCUT2D eigenvalue weighted by molar-refractivity contribution is 6.33. The molecule has 2 aromatic rings. The van der Waals surface area contributed by atoms with Gasteiger partial charge in [0.1, 0.15) is 0 Å². The number of rotatable bonds is 7. The molecule has 0 bridgehead atoms. The maximum Gasteiger partial charge on any atom is 0.308 e. The summed E-state index contributed by atoms with van der Waals surface area (Å²) in [6, 6.07) is 13.9. The van der Waals surface area contributed by atoms with E-state index in [1.807, 2.05) is 19.1 Å². The minimum atomic E-state index is -0.579. The number of carbonyl (C=O) groups is 3. The molecule has 0 atom stereocenters. The Labute approximate surface area is 156 Å². The summed E-state index contributed by atoms with van der Waals surface area (Å²) in [5, 5.41) is 5.59. The highest BCUT2D eigenvalue weighted by atomic mass is 35.5. The molecule has 2 amide bonds.